The smallest absolute Gasteiger partial charge is 0.250 e. The fourth-order valence-electron chi connectivity index (χ4n) is 1.56. The molecule has 5 heteroatoms. The molecule has 0 radical (unpaired) electrons. The highest BCUT2D eigenvalue weighted by Gasteiger charge is 2.21. The molecule has 1 amide bonds. The molecule has 2 rings (SSSR count). The van der Waals surface area contributed by atoms with Crippen LogP contribution in [0.2, 0.25) is 0 Å². The molecule has 1 aliphatic carbocycles. The summed E-state index contributed by atoms with van der Waals surface area (Å²) in [6, 6.07) is 5.46. The van der Waals surface area contributed by atoms with Crippen LogP contribution >= 0.6 is 12.4 Å². The predicted molar refractivity (Wildman–Crippen MR) is 75.0 cm³/mol. The van der Waals surface area contributed by atoms with E-state index in [-0.39, 0.29) is 24.9 Å². The molecule has 1 aromatic rings. The van der Waals surface area contributed by atoms with Gasteiger partial charge in [-0.05, 0) is 43.4 Å². The molecule has 0 unspecified atom stereocenters. The van der Waals surface area contributed by atoms with E-state index in [0.717, 1.165) is 11.3 Å². The molecule has 0 bridgehead atoms. The Morgan fingerprint density at radius 3 is 2.89 bits per heavy atom. The van der Waals surface area contributed by atoms with Crippen LogP contribution in [0.25, 0.3) is 0 Å². The summed E-state index contributed by atoms with van der Waals surface area (Å²) < 4.78 is 5.32. The number of benzene rings is 1. The number of nitrogen functional groups attached to an aromatic ring is 1. The van der Waals surface area contributed by atoms with E-state index in [0.29, 0.717) is 18.2 Å². The molecular weight excluding hydrogens is 252 g/mol. The average molecular weight is 271 g/mol. The Balaban J connectivity index is 0.00000162. The minimum Gasteiger partial charge on any atom is -0.399 e. The van der Waals surface area contributed by atoms with Crippen molar-refractivity contribution in [3.8, 4) is 0 Å². The van der Waals surface area contributed by atoms with Crippen molar-refractivity contribution in [2.45, 2.75) is 19.8 Å². The number of nitrogens with two attached hydrogens (primary N) is 1. The van der Waals surface area contributed by atoms with Crippen molar-refractivity contribution in [3.05, 3.63) is 23.8 Å². The summed E-state index contributed by atoms with van der Waals surface area (Å²) in [7, 11) is 0. The number of rotatable bonds is 5. The maximum Gasteiger partial charge on any atom is 0.250 e. The maximum atomic E-state index is 11.6. The van der Waals surface area contributed by atoms with Gasteiger partial charge in [0.2, 0.25) is 5.91 Å². The summed E-state index contributed by atoms with van der Waals surface area (Å²) in [5.74, 6) is 0.552. The van der Waals surface area contributed by atoms with Gasteiger partial charge in [-0.2, -0.15) is 0 Å². The van der Waals surface area contributed by atoms with Crippen LogP contribution < -0.4 is 11.1 Å². The average Bonchev–Trinajstić information content (AvgIpc) is 3.07. The van der Waals surface area contributed by atoms with Gasteiger partial charge in [-0.3, -0.25) is 4.79 Å². The van der Waals surface area contributed by atoms with Crippen LogP contribution in [0.15, 0.2) is 18.2 Å². The summed E-state index contributed by atoms with van der Waals surface area (Å²) in [4.78, 5) is 11.6. The standard InChI is InChI=1S/C13H18N2O2.ClH/c1-9-2-5-11(14)6-12(9)15-13(16)8-17-7-10-3-4-10;/h2,5-6,10H,3-4,7-8,14H2,1H3,(H,15,16);1H. The van der Waals surface area contributed by atoms with Crippen molar-refractivity contribution < 1.29 is 9.53 Å². The van der Waals surface area contributed by atoms with Crippen LogP contribution in [-0.2, 0) is 9.53 Å². The molecule has 0 spiro atoms. The summed E-state index contributed by atoms with van der Waals surface area (Å²) in [6.07, 6.45) is 2.46. The molecule has 0 saturated heterocycles. The number of ether oxygens (including phenoxy) is 1. The second-order valence-electron chi connectivity index (χ2n) is 4.58. The zero-order chi connectivity index (χ0) is 12.3. The first-order valence-corrected chi connectivity index (χ1v) is 5.89. The monoisotopic (exact) mass is 270 g/mol. The summed E-state index contributed by atoms with van der Waals surface area (Å²) >= 11 is 0. The highest BCUT2D eigenvalue weighted by Crippen LogP contribution is 2.28. The Kier molecular flexibility index (Phi) is 5.44. The second-order valence-corrected chi connectivity index (χ2v) is 4.58. The summed E-state index contributed by atoms with van der Waals surface area (Å²) in [5.41, 5.74) is 8.06. The number of hydrogen-bond acceptors (Lipinski definition) is 3. The van der Waals surface area contributed by atoms with Gasteiger partial charge in [0, 0.05) is 11.4 Å². The molecule has 1 saturated carbocycles. The van der Waals surface area contributed by atoms with Crippen LogP contribution in [0.5, 0.6) is 0 Å². The van der Waals surface area contributed by atoms with Crippen molar-refractivity contribution in [3.63, 3.8) is 0 Å². The Hall–Kier alpha value is -1.26. The first kappa shape index (κ1) is 14.8. The van der Waals surface area contributed by atoms with E-state index in [9.17, 15) is 4.79 Å². The Labute approximate surface area is 113 Å². The normalized spacial score (nSPS) is 13.8. The number of nitrogens with one attached hydrogen (secondary N) is 1. The van der Waals surface area contributed by atoms with Gasteiger partial charge < -0.3 is 15.8 Å². The molecule has 0 heterocycles. The van der Waals surface area contributed by atoms with Gasteiger partial charge in [0.05, 0.1) is 6.61 Å². The van der Waals surface area contributed by atoms with E-state index in [1.807, 2.05) is 19.1 Å². The maximum absolute atomic E-state index is 11.6. The molecule has 1 aliphatic rings. The van der Waals surface area contributed by atoms with Crippen LogP contribution in [0.4, 0.5) is 11.4 Å². The van der Waals surface area contributed by atoms with Crippen molar-refractivity contribution in [1.82, 2.24) is 0 Å². The molecule has 1 aromatic carbocycles. The highest BCUT2D eigenvalue weighted by atomic mass is 35.5. The fourth-order valence-corrected chi connectivity index (χ4v) is 1.56. The molecule has 0 aliphatic heterocycles. The topological polar surface area (TPSA) is 64.3 Å². The molecule has 100 valence electrons. The van der Waals surface area contributed by atoms with Gasteiger partial charge in [0.1, 0.15) is 6.61 Å². The third kappa shape index (κ3) is 4.55. The van der Waals surface area contributed by atoms with E-state index in [2.05, 4.69) is 5.32 Å². The molecule has 18 heavy (non-hydrogen) atoms. The van der Waals surface area contributed by atoms with Crippen molar-refractivity contribution in [2.75, 3.05) is 24.3 Å². The largest absolute Gasteiger partial charge is 0.399 e. The third-order valence-electron chi connectivity index (χ3n) is 2.82. The Morgan fingerprint density at radius 1 is 1.50 bits per heavy atom. The van der Waals surface area contributed by atoms with Crippen LogP contribution in [-0.4, -0.2) is 19.1 Å². The molecule has 0 aromatic heterocycles. The number of aryl methyl sites for hydroxylation is 1. The number of carbonyl (C=O) groups excluding carboxylic acids is 1. The molecular formula is C13H19ClN2O2. The number of amides is 1. The molecule has 0 atom stereocenters. The molecule has 3 N–H and O–H groups in total. The zero-order valence-electron chi connectivity index (χ0n) is 10.4. The lowest BCUT2D eigenvalue weighted by Gasteiger charge is -2.09. The van der Waals surface area contributed by atoms with Gasteiger partial charge in [0.25, 0.3) is 0 Å². The first-order chi connectivity index (χ1) is 8.15. The molecule has 4 nitrogen and oxygen atoms in total. The number of carbonyl (C=O) groups is 1. The van der Waals surface area contributed by atoms with Crippen molar-refractivity contribution in [1.29, 1.82) is 0 Å². The van der Waals surface area contributed by atoms with Gasteiger partial charge in [0.15, 0.2) is 0 Å². The lowest BCUT2D eigenvalue weighted by molar-refractivity contribution is -0.120. The summed E-state index contributed by atoms with van der Waals surface area (Å²) in [6.45, 7) is 2.74. The van der Waals surface area contributed by atoms with Gasteiger partial charge in [-0.25, -0.2) is 0 Å². The third-order valence-corrected chi connectivity index (χ3v) is 2.82. The lowest BCUT2D eigenvalue weighted by Crippen LogP contribution is -2.19. The number of anilines is 2. The van der Waals surface area contributed by atoms with Gasteiger partial charge >= 0.3 is 0 Å². The van der Waals surface area contributed by atoms with E-state index in [1.54, 1.807) is 6.07 Å². The SMILES string of the molecule is Cc1ccc(N)cc1NC(=O)COCC1CC1.Cl. The van der Waals surface area contributed by atoms with Crippen LogP contribution in [0.3, 0.4) is 0 Å². The Bertz CT molecular complexity index is 419. The number of halogens is 1. The minimum absolute atomic E-state index is 0. The lowest BCUT2D eigenvalue weighted by atomic mass is 10.2. The van der Waals surface area contributed by atoms with Gasteiger partial charge in [-0.15, -0.1) is 12.4 Å². The number of hydrogen-bond donors (Lipinski definition) is 2. The van der Waals surface area contributed by atoms with E-state index in [4.69, 9.17) is 10.5 Å². The Morgan fingerprint density at radius 2 is 2.22 bits per heavy atom. The highest BCUT2D eigenvalue weighted by molar-refractivity contribution is 5.92. The van der Waals surface area contributed by atoms with Crippen molar-refractivity contribution in [2.24, 2.45) is 5.92 Å². The molecule has 1 fully saturated rings. The first-order valence-electron chi connectivity index (χ1n) is 5.89. The van der Waals surface area contributed by atoms with E-state index in [1.165, 1.54) is 12.8 Å². The van der Waals surface area contributed by atoms with E-state index >= 15 is 0 Å². The predicted octanol–water partition coefficient (Wildman–Crippen LogP) is 2.36. The quantitative estimate of drug-likeness (QED) is 0.808. The second kappa shape index (κ2) is 6.61. The zero-order valence-corrected chi connectivity index (χ0v) is 11.3. The van der Waals surface area contributed by atoms with Crippen LogP contribution in [0, 0.1) is 12.8 Å². The fraction of sp³-hybridized carbons (Fsp3) is 0.462. The summed E-state index contributed by atoms with van der Waals surface area (Å²) in [5, 5.41) is 2.80. The van der Waals surface area contributed by atoms with Gasteiger partial charge in [-0.1, -0.05) is 6.07 Å². The van der Waals surface area contributed by atoms with Crippen LogP contribution in [0.1, 0.15) is 18.4 Å². The van der Waals surface area contributed by atoms with E-state index < -0.39 is 0 Å². The minimum atomic E-state index is -0.126. The van der Waals surface area contributed by atoms with Crippen molar-refractivity contribution >= 4 is 29.7 Å².